The summed E-state index contributed by atoms with van der Waals surface area (Å²) in [6.45, 7) is 6.89. The van der Waals surface area contributed by atoms with Crippen molar-refractivity contribution in [2.45, 2.75) is 20.8 Å². The highest BCUT2D eigenvalue weighted by Gasteiger charge is 2.30. The molecule has 0 fully saturated rings. The van der Waals surface area contributed by atoms with E-state index in [0.717, 1.165) is 172 Å². The summed E-state index contributed by atoms with van der Waals surface area (Å²) < 4.78 is 11.6. The zero-order valence-corrected chi connectivity index (χ0v) is 57.1. The standard InChI is InChI=1S/C89H56N14S/c1-51-44-58(54-16-6-4-7-17-54)82-83-81(55-18-8-5-9-19-55)52(2)53(3)87(103-72-33-31-57(46-60(72)85-78(103)27-15-39-95-85)66-21-11-23-68(97-66)70-25-13-29-80(99-70)101-75-36-42-92-49-63(75)64-50-93-43-37-76(64)101)89(83)104-88(82)86(51)102-71-32-30-56(45-59(71)84-77(102)26-14-38-94-84)65-20-10-22-67(96-65)69-24-12-28-79(98-69)100-73-34-40-90-47-61(73)62-48-91-41-35-74(62)100/h4-50H,1-3H3. The molecule has 15 heteroatoms. The molecule has 0 saturated heterocycles. The molecule has 0 N–H and O–H groups in total. The lowest BCUT2D eigenvalue weighted by Crippen LogP contribution is -2.02. The van der Waals surface area contributed by atoms with Gasteiger partial charge in [0.2, 0.25) is 0 Å². The topological polar surface area (TPSA) is 149 Å². The molecule has 0 saturated carbocycles. The average Bonchev–Trinajstić information content (AvgIpc) is 1.52. The highest BCUT2D eigenvalue weighted by Crippen LogP contribution is 2.54. The molecule has 488 valence electrons. The predicted octanol–water partition coefficient (Wildman–Crippen LogP) is 21.3. The van der Waals surface area contributed by atoms with Gasteiger partial charge in [0.1, 0.15) is 11.6 Å². The van der Waals surface area contributed by atoms with Crippen molar-refractivity contribution >= 4 is 119 Å². The van der Waals surface area contributed by atoms with Gasteiger partial charge in [-0.25, -0.2) is 19.9 Å². The van der Waals surface area contributed by atoms with Gasteiger partial charge in [0.15, 0.2) is 0 Å². The van der Waals surface area contributed by atoms with E-state index in [1.54, 1.807) is 0 Å². The lowest BCUT2D eigenvalue weighted by Gasteiger charge is -2.20. The van der Waals surface area contributed by atoms with Crippen molar-refractivity contribution in [3.63, 3.8) is 0 Å². The second kappa shape index (κ2) is 23.2. The first-order valence-corrected chi connectivity index (χ1v) is 35.4. The van der Waals surface area contributed by atoms with Crippen LogP contribution in [0.1, 0.15) is 16.7 Å². The highest BCUT2D eigenvalue weighted by molar-refractivity contribution is 7.27. The van der Waals surface area contributed by atoms with Gasteiger partial charge in [-0.2, -0.15) is 0 Å². The van der Waals surface area contributed by atoms with Crippen molar-refractivity contribution in [1.29, 1.82) is 0 Å². The Kier molecular flexibility index (Phi) is 13.2. The van der Waals surface area contributed by atoms with Crippen LogP contribution in [0, 0.1) is 20.8 Å². The fraction of sp³-hybridized carbons (Fsp3) is 0.0337. The number of rotatable bonds is 10. The number of aromatic nitrogens is 14. The van der Waals surface area contributed by atoms with E-state index in [9.17, 15) is 0 Å². The van der Waals surface area contributed by atoms with Gasteiger partial charge in [-0.15, -0.1) is 11.3 Å². The number of benzene rings is 6. The van der Waals surface area contributed by atoms with Crippen LogP contribution in [0.5, 0.6) is 0 Å². The Morgan fingerprint density at radius 1 is 0.288 bits per heavy atom. The van der Waals surface area contributed by atoms with Crippen LogP contribution >= 0.6 is 11.3 Å². The van der Waals surface area contributed by atoms with Gasteiger partial charge in [0.25, 0.3) is 0 Å². The number of aryl methyl sites for hydroxylation is 1. The Bertz CT molecular complexity index is 7060. The first-order valence-electron chi connectivity index (χ1n) is 34.6. The third-order valence-electron chi connectivity index (χ3n) is 20.8. The van der Waals surface area contributed by atoms with Crippen LogP contribution in [0.4, 0.5) is 0 Å². The third kappa shape index (κ3) is 8.93. The molecular weight excluding hydrogens is 1300 g/mol. The van der Waals surface area contributed by atoms with E-state index in [2.05, 4.69) is 211 Å². The van der Waals surface area contributed by atoms with Gasteiger partial charge in [-0.3, -0.25) is 39.0 Å². The molecule has 21 rings (SSSR count). The number of pyridine rings is 10. The second-order valence-electron chi connectivity index (χ2n) is 26.5. The Morgan fingerprint density at radius 2 is 0.712 bits per heavy atom. The predicted molar refractivity (Wildman–Crippen MR) is 421 cm³/mol. The van der Waals surface area contributed by atoms with Gasteiger partial charge < -0.3 is 9.13 Å². The molecule has 0 amide bonds. The van der Waals surface area contributed by atoms with E-state index in [0.29, 0.717) is 0 Å². The second-order valence-corrected chi connectivity index (χ2v) is 27.5. The fourth-order valence-electron chi connectivity index (χ4n) is 16.1. The highest BCUT2D eigenvalue weighted by atomic mass is 32.1. The Hall–Kier alpha value is -13.8. The van der Waals surface area contributed by atoms with Crippen LogP contribution in [0.2, 0.25) is 0 Å². The number of fused-ring (bicyclic) bond motifs is 15. The number of nitrogens with zero attached hydrogens (tertiary/aromatic N) is 14. The minimum atomic E-state index is 0.761. The lowest BCUT2D eigenvalue weighted by atomic mass is 9.88. The maximum Gasteiger partial charge on any atom is 0.138 e. The molecule has 15 heterocycles. The molecule has 6 aromatic carbocycles. The third-order valence-corrected chi connectivity index (χ3v) is 22.0. The van der Waals surface area contributed by atoms with Gasteiger partial charge in [-0.05, 0) is 187 Å². The zero-order chi connectivity index (χ0) is 68.8. The van der Waals surface area contributed by atoms with Gasteiger partial charge in [0, 0.05) is 116 Å². The molecule has 15 aromatic heterocycles. The van der Waals surface area contributed by atoms with E-state index in [1.165, 1.54) is 42.4 Å². The molecule has 0 spiro atoms. The summed E-state index contributed by atoms with van der Waals surface area (Å²) in [5.74, 6) is 1.57. The lowest BCUT2D eigenvalue weighted by molar-refractivity contribution is 1.07. The van der Waals surface area contributed by atoms with Gasteiger partial charge in [0.05, 0.1) is 110 Å². The summed E-state index contributed by atoms with van der Waals surface area (Å²) in [6.07, 6.45) is 18.7. The maximum absolute atomic E-state index is 5.37. The quantitative estimate of drug-likeness (QED) is 0.130. The normalized spacial score (nSPS) is 12.0. The van der Waals surface area contributed by atoms with E-state index in [4.69, 9.17) is 29.9 Å². The van der Waals surface area contributed by atoms with Crippen molar-refractivity contribution in [3.05, 3.63) is 303 Å². The molecule has 0 radical (unpaired) electrons. The first kappa shape index (κ1) is 59.1. The van der Waals surface area contributed by atoms with Crippen LogP contribution in [0.15, 0.2) is 286 Å². The fourth-order valence-corrected chi connectivity index (χ4v) is 17.6. The van der Waals surface area contributed by atoms with Crippen LogP contribution in [0.25, 0.3) is 198 Å². The Morgan fingerprint density at radius 3 is 1.20 bits per heavy atom. The van der Waals surface area contributed by atoms with E-state index in [-0.39, 0.29) is 0 Å². The molecule has 0 atom stereocenters. The van der Waals surface area contributed by atoms with Gasteiger partial charge >= 0.3 is 0 Å². The summed E-state index contributed by atoms with van der Waals surface area (Å²) in [4.78, 5) is 49.6. The molecule has 104 heavy (non-hydrogen) atoms. The van der Waals surface area contributed by atoms with E-state index in [1.807, 2.05) is 146 Å². The molecule has 0 bridgehead atoms. The Labute approximate surface area is 597 Å². The number of hydrogen-bond acceptors (Lipinski definition) is 11. The monoisotopic (exact) mass is 1350 g/mol. The van der Waals surface area contributed by atoms with Crippen molar-refractivity contribution in [2.75, 3.05) is 0 Å². The van der Waals surface area contributed by atoms with Crippen LogP contribution < -0.4 is 0 Å². The SMILES string of the molecule is Cc1cc(-c2ccccc2)c2c(sc3c(-n4c5ccc(-c6cccc(-c7cccc(-n8c9ccncc9c9cnccc98)n7)n6)cc5c5ncccc54)c(C)c(C)c(-c4ccccc4)c32)c1-n1c2ccc(-c3cccc(-c4cccc(-n5c6ccncc6c6cnccc65)n4)n3)cc2c2ncccc21. The smallest absolute Gasteiger partial charge is 0.138 e. The maximum atomic E-state index is 5.37. The van der Waals surface area contributed by atoms with Crippen molar-refractivity contribution in [2.24, 2.45) is 0 Å². The van der Waals surface area contributed by atoms with Crippen molar-refractivity contribution < 1.29 is 0 Å². The van der Waals surface area contributed by atoms with E-state index >= 15 is 0 Å². The minimum absolute atomic E-state index is 0.761. The Balaban J connectivity index is 0.739. The summed E-state index contributed by atoms with van der Waals surface area (Å²) in [6, 6.07) is 79.1. The van der Waals surface area contributed by atoms with E-state index < -0.39 is 0 Å². The van der Waals surface area contributed by atoms with Crippen LogP contribution in [-0.4, -0.2) is 68.1 Å². The molecule has 14 nitrogen and oxygen atoms in total. The number of thiophene rings is 1. The summed E-state index contributed by atoms with van der Waals surface area (Å²) >= 11 is 1.87. The van der Waals surface area contributed by atoms with Crippen LogP contribution in [0.3, 0.4) is 0 Å². The molecule has 0 unspecified atom stereocenters. The first-order chi connectivity index (χ1) is 51.4. The van der Waals surface area contributed by atoms with Crippen molar-refractivity contribution in [1.82, 2.24) is 68.1 Å². The molecule has 0 aliphatic heterocycles. The molecular formula is C89H56N14S. The average molecular weight is 1350 g/mol. The molecule has 21 aromatic rings. The largest absolute Gasteiger partial charge is 0.306 e. The summed E-state index contributed by atoms with van der Waals surface area (Å²) in [5, 5.41) is 8.52. The summed E-state index contributed by atoms with van der Waals surface area (Å²) in [7, 11) is 0. The summed E-state index contributed by atoms with van der Waals surface area (Å²) in [5.41, 5.74) is 27.0. The van der Waals surface area contributed by atoms with Crippen LogP contribution in [-0.2, 0) is 0 Å². The van der Waals surface area contributed by atoms with Crippen molar-refractivity contribution in [3.8, 4) is 90.6 Å². The zero-order valence-electron chi connectivity index (χ0n) is 56.3. The molecule has 0 aliphatic rings. The minimum Gasteiger partial charge on any atom is -0.306 e. The number of hydrogen-bond donors (Lipinski definition) is 0. The molecule has 0 aliphatic carbocycles. The van der Waals surface area contributed by atoms with Gasteiger partial charge in [-0.1, -0.05) is 97.1 Å².